The number of nitrogens with one attached hydrogen (secondary N) is 3. The summed E-state index contributed by atoms with van der Waals surface area (Å²) in [7, 11) is 0. The molecule has 0 radical (unpaired) electrons. The van der Waals surface area contributed by atoms with E-state index in [2.05, 4.69) is 41.0 Å². The predicted octanol–water partition coefficient (Wildman–Crippen LogP) is 7.03. The highest BCUT2D eigenvalue weighted by Gasteiger charge is 2.50. The molecule has 23 heteroatoms. The molecule has 5 aliphatic heterocycles. The largest absolute Gasteiger partial charge is 0.489 e. The lowest BCUT2D eigenvalue weighted by molar-refractivity contribution is -0.142. The minimum absolute atomic E-state index is 0.0281. The van der Waals surface area contributed by atoms with E-state index in [1.54, 1.807) is 24.8 Å². The van der Waals surface area contributed by atoms with Gasteiger partial charge in [-0.05, 0) is 54.5 Å². The van der Waals surface area contributed by atoms with Crippen molar-refractivity contribution in [2.45, 2.75) is 102 Å². The Labute approximate surface area is 467 Å². The number of halogens is 2. The molecular weight excluding hydrogens is 1070 g/mol. The number of aryl methyl sites for hydroxylation is 1. The lowest BCUT2D eigenvalue weighted by atomic mass is 9.93. The predicted molar refractivity (Wildman–Crippen MR) is 296 cm³/mol. The van der Waals surface area contributed by atoms with Crippen LogP contribution in [-0.2, 0) is 20.9 Å². The van der Waals surface area contributed by atoms with E-state index in [1.807, 2.05) is 69.3 Å². The number of ether oxygens (including phenoxy) is 4. The number of aliphatic hydroxyl groups excluding tert-OH is 2. The molecule has 0 saturated carbocycles. The van der Waals surface area contributed by atoms with Crippen LogP contribution in [0.15, 0.2) is 72.5 Å². The summed E-state index contributed by atoms with van der Waals surface area (Å²) in [6.45, 7) is 9.08. The van der Waals surface area contributed by atoms with Gasteiger partial charge in [0, 0.05) is 60.1 Å². The molecule has 414 valence electrons. The summed E-state index contributed by atoms with van der Waals surface area (Å²) >= 11 is 9.15. The van der Waals surface area contributed by atoms with Crippen LogP contribution >= 0.6 is 22.9 Å². The van der Waals surface area contributed by atoms with Gasteiger partial charge in [-0.3, -0.25) is 14.7 Å². The summed E-state index contributed by atoms with van der Waals surface area (Å²) in [4.78, 5) is 47.9. The van der Waals surface area contributed by atoms with Crippen LogP contribution in [0.1, 0.15) is 67.6 Å². The van der Waals surface area contributed by atoms with Crippen molar-refractivity contribution in [3.05, 3.63) is 106 Å². The van der Waals surface area contributed by atoms with Crippen molar-refractivity contribution >= 4 is 62.4 Å². The number of rotatable bonds is 15. The second-order valence-electron chi connectivity index (χ2n) is 21.7. The Morgan fingerprint density at radius 3 is 2.61 bits per heavy atom. The fourth-order valence-electron chi connectivity index (χ4n) is 12.2. The van der Waals surface area contributed by atoms with Crippen molar-refractivity contribution in [1.82, 2.24) is 55.7 Å². The zero-order valence-electron chi connectivity index (χ0n) is 44.2. The van der Waals surface area contributed by atoms with Gasteiger partial charge in [-0.1, -0.05) is 79.2 Å². The Morgan fingerprint density at radius 2 is 1.86 bits per heavy atom. The normalized spacial score (nSPS) is 22.0. The molecule has 0 spiro atoms. The van der Waals surface area contributed by atoms with E-state index in [1.165, 1.54) is 27.0 Å². The zero-order chi connectivity index (χ0) is 55.1. The molecule has 0 unspecified atom stereocenters. The number of aromatic amines is 1. The van der Waals surface area contributed by atoms with E-state index in [4.69, 9.17) is 40.5 Å². The average Bonchev–Trinajstić information content (AvgIpc) is 4.38. The minimum atomic E-state index is -0.992. The quantitative estimate of drug-likeness (QED) is 0.0692. The number of hydrogen-bond donors (Lipinski definition) is 5. The number of benzene rings is 4. The van der Waals surface area contributed by atoms with E-state index in [9.17, 15) is 19.8 Å². The molecule has 5 N–H and O–H groups in total. The molecule has 20 nitrogen and oxygen atoms in total. The number of piperazine rings is 1. The molecule has 4 saturated heterocycles. The molecule has 2 amide bonds. The van der Waals surface area contributed by atoms with Gasteiger partial charge < -0.3 is 49.6 Å². The molecule has 4 fully saturated rings. The van der Waals surface area contributed by atoms with E-state index in [0.717, 1.165) is 34.7 Å². The van der Waals surface area contributed by atoms with Gasteiger partial charge in [-0.2, -0.15) is 15.1 Å². The SMILES string of the molecule is Cc1ncsc1-c1ccc([C@H](CO)NC(=O)[C@@H]2C[C@@H](O)CN2C(=O)[C@H](C(C)C)n2cc(-c3ccc(COc4c(-c5c(C)c(F)cc6[nH]ncc56)c(Cl)c5c6c(nc(O[C@H]7CCOC7)nc46)N4[C@@H]6CN[C@@H](C6)[C@H]4CO5)cc3)nn2)cc1. The highest BCUT2D eigenvalue weighted by atomic mass is 35.5. The number of aliphatic hydroxyl groups is 2. The molecule has 80 heavy (non-hydrogen) atoms. The fourth-order valence-corrected chi connectivity index (χ4v) is 13.4. The number of anilines is 1. The fraction of sp³-hybridized carbons (Fsp3) is 0.404. The molecule has 5 aliphatic rings. The number of hydrogen-bond acceptors (Lipinski definition) is 17. The molecular formula is C57H58ClFN12O8S. The van der Waals surface area contributed by atoms with Crippen molar-refractivity contribution in [2.75, 3.05) is 44.4 Å². The smallest absolute Gasteiger partial charge is 0.319 e. The van der Waals surface area contributed by atoms with E-state index >= 15 is 4.39 Å². The second-order valence-corrected chi connectivity index (χ2v) is 22.9. The number of thiazole rings is 1. The van der Waals surface area contributed by atoms with Gasteiger partial charge in [0.1, 0.15) is 54.2 Å². The standard InChI is InChI=1S/C57H58ClFN12O8S/c1-27(2)50(56(75)69-20-35(73)16-43(69)55(74)63-42(22-72)32-9-11-33(12-10-32)53-29(4)61-26-80-53)70-21-41(67-68-70)31-7-5-30(6-8-31)23-77-52-46(45-28(3)38(59)17-39-37(45)19-62-66-39)48(58)51-47-49(52)64-57(79-36-13-14-76-24-36)65-54(47)71-34-15-40(60-18-34)44(71)25-78-51/h5-12,17,19,21,26-27,34-36,40,42-44,50,60,72-73H,13-16,18,20,22-25H2,1-4H3,(H,62,66)(H,63,74)/t34-,35+,36-,40-,42-,43-,44+,50-/m0/s1. The number of fused-ring (bicyclic) bond motifs is 7. The number of amides is 2. The van der Waals surface area contributed by atoms with Crippen molar-refractivity contribution in [3.63, 3.8) is 0 Å². The first-order chi connectivity index (χ1) is 38.8. The molecule has 2 bridgehead atoms. The summed E-state index contributed by atoms with van der Waals surface area (Å²) in [5.41, 5.74) is 8.40. The second kappa shape index (κ2) is 21.0. The molecule has 13 rings (SSSR count). The number of H-pyrrole nitrogens is 1. The lowest BCUT2D eigenvalue weighted by Crippen LogP contribution is -2.53. The Hall–Kier alpha value is -7.34. The maximum absolute atomic E-state index is 16.0. The number of likely N-dealkylation sites (tertiary alicyclic amines) is 1. The van der Waals surface area contributed by atoms with Gasteiger partial charge in [-0.25, -0.2) is 14.1 Å². The highest BCUT2D eigenvalue weighted by molar-refractivity contribution is 7.13. The number of carbonyl (C=O) groups is 2. The van der Waals surface area contributed by atoms with E-state index in [0.29, 0.717) is 93.1 Å². The molecule has 8 atom stereocenters. The van der Waals surface area contributed by atoms with E-state index in [-0.39, 0.29) is 73.1 Å². The summed E-state index contributed by atoms with van der Waals surface area (Å²) in [5, 5.41) is 45.4. The topological polar surface area (TPSA) is 240 Å². The first kappa shape index (κ1) is 52.1. The number of aromatic nitrogens is 8. The van der Waals surface area contributed by atoms with Gasteiger partial charge in [0.05, 0.1) is 82.4 Å². The van der Waals surface area contributed by atoms with Crippen LogP contribution < -0.4 is 29.7 Å². The van der Waals surface area contributed by atoms with Crippen LogP contribution in [0.5, 0.6) is 17.5 Å². The summed E-state index contributed by atoms with van der Waals surface area (Å²) in [6.07, 6.45) is 3.77. The van der Waals surface area contributed by atoms with Crippen molar-refractivity contribution in [3.8, 4) is 50.3 Å². The Morgan fingerprint density at radius 1 is 1.05 bits per heavy atom. The van der Waals surface area contributed by atoms with Gasteiger partial charge in [-0.15, -0.1) is 16.4 Å². The number of carbonyl (C=O) groups excluding carboxylic acids is 2. The Kier molecular flexibility index (Phi) is 13.6. The Balaban J connectivity index is 0.785. The summed E-state index contributed by atoms with van der Waals surface area (Å²) in [6, 6.07) is 14.3. The molecule has 8 aromatic rings. The van der Waals surface area contributed by atoms with E-state index < -0.39 is 41.9 Å². The summed E-state index contributed by atoms with van der Waals surface area (Å²) in [5.74, 6) is -0.341. The third kappa shape index (κ3) is 9.14. The monoisotopic (exact) mass is 1120 g/mol. The first-order valence-electron chi connectivity index (χ1n) is 26.9. The van der Waals surface area contributed by atoms with Crippen LogP contribution in [0.2, 0.25) is 5.02 Å². The Bertz CT molecular complexity index is 3680. The maximum atomic E-state index is 16.0. The third-order valence-electron chi connectivity index (χ3n) is 16.3. The minimum Gasteiger partial charge on any atom is -0.489 e. The van der Waals surface area contributed by atoms with Crippen LogP contribution in [0.25, 0.3) is 54.6 Å². The van der Waals surface area contributed by atoms with Crippen LogP contribution in [0.4, 0.5) is 10.2 Å². The van der Waals surface area contributed by atoms with Crippen LogP contribution in [-0.4, -0.2) is 143 Å². The average molecular weight is 1130 g/mol. The van der Waals surface area contributed by atoms with Gasteiger partial charge in [0.25, 0.3) is 0 Å². The molecule has 9 heterocycles. The molecule has 4 aromatic carbocycles. The highest BCUT2D eigenvalue weighted by Crippen LogP contribution is 2.55. The summed E-state index contributed by atoms with van der Waals surface area (Å²) < 4.78 is 43.4. The molecule has 0 aliphatic carbocycles. The number of nitrogens with zero attached hydrogens (tertiary/aromatic N) is 9. The maximum Gasteiger partial charge on any atom is 0.319 e. The van der Waals surface area contributed by atoms with Crippen molar-refractivity contribution < 1.29 is 43.1 Å². The third-order valence-corrected chi connectivity index (χ3v) is 17.6. The van der Waals surface area contributed by atoms with Gasteiger partial charge >= 0.3 is 6.01 Å². The van der Waals surface area contributed by atoms with Gasteiger partial charge in [0.15, 0.2) is 11.5 Å². The van der Waals surface area contributed by atoms with Crippen molar-refractivity contribution in [2.24, 2.45) is 5.92 Å². The van der Waals surface area contributed by atoms with Gasteiger partial charge in [0.2, 0.25) is 11.8 Å². The van der Waals surface area contributed by atoms with Crippen molar-refractivity contribution in [1.29, 1.82) is 0 Å². The number of β-amino-alcohol motifs (C(OH)–C–C–N with tert-alkyl or cyclic N) is 1. The zero-order valence-corrected chi connectivity index (χ0v) is 45.8. The first-order valence-corrected chi connectivity index (χ1v) is 28.2. The van der Waals surface area contributed by atoms with Crippen LogP contribution in [0, 0.1) is 25.6 Å². The molecule has 4 aromatic heterocycles. The lowest BCUT2D eigenvalue weighted by Gasteiger charge is -2.35. The van der Waals surface area contributed by atoms with Crippen LogP contribution in [0.3, 0.4) is 0 Å².